The molecule has 170 valence electrons. The van der Waals surface area contributed by atoms with Crippen LogP contribution in [0, 0.1) is 11.7 Å². The van der Waals surface area contributed by atoms with Crippen LogP contribution in [0.3, 0.4) is 0 Å². The third-order valence-electron chi connectivity index (χ3n) is 6.61. The Morgan fingerprint density at radius 1 is 1.15 bits per heavy atom. The summed E-state index contributed by atoms with van der Waals surface area (Å²) in [6, 6.07) is 12.7. The summed E-state index contributed by atoms with van der Waals surface area (Å²) >= 11 is 13.2. The van der Waals surface area contributed by atoms with Crippen molar-refractivity contribution in [2.45, 2.75) is 38.6 Å². The molecule has 0 spiro atoms. The molecule has 3 nitrogen and oxygen atoms in total. The van der Waals surface area contributed by atoms with E-state index in [1.54, 1.807) is 17.0 Å². The fourth-order valence-electron chi connectivity index (χ4n) is 4.82. The lowest BCUT2D eigenvalue weighted by atomic mass is 10.0. The molecule has 5 rings (SSSR count). The number of amides is 1. The number of carbonyl (C=O) groups excluding carboxylic acids is 1. The number of benzene rings is 2. The molecule has 1 aliphatic carbocycles. The molecule has 1 saturated heterocycles. The highest BCUT2D eigenvalue weighted by Crippen LogP contribution is 2.36. The minimum Gasteiger partial charge on any atom is -0.342 e. The number of thiocarbonyl (C=S) groups is 1. The van der Waals surface area contributed by atoms with Crippen LogP contribution in [0.15, 0.2) is 53.6 Å². The zero-order valence-corrected chi connectivity index (χ0v) is 20.5. The molecule has 1 aliphatic heterocycles. The molecule has 0 radical (unpaired) electrons. The van der Waals surface area contributed by atoms with Crippen LogP contribution in [0.2, 0.25) is 5.02 Å². The topological polar surface area (TPSA) is 25.2 Å². The second-order valence-electron chi connectivity index (χ2n) is 8.70. The van der Waals surface area contributed by atoms with Crippen molar-refractivity contribution in [3.8, 4) is 0 Å². The van der Waals surface area contributed by atoms with Gasteiger partial charge in [-0.15, -0.1) is 0 Å². The van der Waals surface area contributed by atoms with E-state index in [2.05, 4.69) is 0 Å². The largest absolute Gasteiger partial charge is 0.342 e. The quantitative estimate of drug-likeness (QED) is 0.264. The van der Waals surface area contributed by atoms with Gasteiger partial charge in [-0.1, -0.05) is 85.5 Å². The fraction of sp³-hybridized carbons (Fsp3) is 0.308. The predicted octanol–water partition coefficient (Wildman–Crippen LogP) is 7.26. The summed E-state index contributed by atoms with van der Waals surface area (Å²) in [4.78, 5) is 15.5. The van der Waals surface area contributed by atoms with E-state index in [0.29, 0.717) is 38.8 Å². The van der Waals surface area contributed by atoms with Crippen molar-refractivity contribution in [1.29, 1.82) is 0 Å². The molecule has 2 aromatic carbocycles. The first-order valence-electron chi connectivity index (χ1n) is 11.3. The molecule has 1 amide bonds. The molecule has 2 fully saturated rings. The molecule has 0 bridgehead atoms. The van der Waals surface area contributed by atoms with E-state index in [1.807, 2.05) is 41.1 Å². The molecule has 2 heterocycles. The van der Waals surface area contributed by atoms with Gasteiger partial charge in [-0.2, -0.15) is 0 Å². The first-order chi connectivity index (χ1) is 16.0. The highest BCUT2D eigenvalue weighted by atomic mass is 35.5. The molecule has 33 heavy (non-hydrogen) atoms. The van der Waals surface area contributed by atoms with Crippen molar-refractivity contribution in [3.05, 3.63) is 75.5 Å². The van der Waals surface area contributed by atoms with E-state index < -0.39 is 0 Å². The van der Waals surface area contributed by atoms with Gasteiger partial charge in [-0.3, -0.25) is 9.69 Å². The third kappa shape index (κ3) is 4.61. The summed E-state index contributed by atoms with van der Waals surface area (Å²) < 4.78 is 17.0. The minimum atomic E-state index is -0.329. The van der Waals surface area contributed by atoms with E-state index in [-0.39, 0.29) is 11.7 Å². The number of rotatable bonds is 6. The maximum Gasteiger partial charge on any atom is 0.266 e. The Morgan fingerprint density at radius 3 is 2.73 bits per heavy atom. The smallest absolute Gasteiger partial charge is 0.266 e. The number of aromatic nitrogens is 1. The van der Waals surface area contributed by atoms with Crippen molar-refractivity contribution in [3.63, 3.8) is 0 Å². The Morgan fingerprint density at radius 2 is 1.94 bits per heavy atom. The summed E-state index contributed by atoms with van der Waals surface area (Å²) in [6.45, 7) is 1.00. The lowest BCUT2D eigenvalue weighted by molar-refractivity contribution is -0.122. The normalized spacial score (nSPS) is 18.4. The molecular weight excluding hydrogens is 475 g/mol. The Balaban J connectivity index is 1.43. The van der Waals surface area contributed by atoms with Crippen LogP contribution in [-0.4, -0.2) is 26.2 Å². The zero-order chi connectivity index (χ0) is 22.9. The average molecular weight is 499 g/mol. The van der Waals surface area contributed by atoms with Crippen LogP contribution < -0.4 is 0 Å². The summed E-state index contributed by atoms with van der Waals surface area (Å²) in [5.41, 5.74) is 2.32. The van der Waals surface area contributed by atoms with Gasteiger partial charge in [0.2, 0.25) is 0 Å². The van der Waals surface area contributed by atoms with E-state index in [1.165, 1.54) is 43.5 Å². The predicted molar refractivity (Wildman–Crippen MR) is 139 cm³/mol. The highest BCUT2D eigenvalue weighted by molar-refractivity contribution is 8.26. The van der Waals surface area contributed by atoms with E-state index in [0.717, 1.165) is 22.9 Å². The van der Waals surface area contributed by atoms with Crippen LogP contribution in [-0.2, 0) is 11.3 Å². The zero-order valence-electron chi connectivity index (χ0n) is 18.1. The summed E-state index contributed by atoms with van der Waals surface area (Å²) in [7, 11) is 0. The molecule has 0 atom stereocenters. The van der Waals surface area contributed by atoms with Gasteiger partial charge < -0.3 is 4.57 Å². The number of thioether (sulfide) groups is 1. The van der Waals surface area contributed by atoms with Crippen LogP contribution in [0.25, 0.3) is 17.0 Å². The van der Waals surface area contributed by atoms with Crippen LogP contribution in [0.1, 0.15) is 43.2 Å². The maximum atomic E-state index is 14.4. The number of nitrogens with zero attached hydrogens (tertiary/aromatic N) is 2. The first kappa shape index (κ1) is 22.6. The first-order valence-corrected chi connectivity index (χ1v) is 12.9. The maximum absolute atomic E-state index is 14.4. The van der Waals surface area contributed by atoms with Gasteiger partial charge in [-0.25, -0.2) is 4.39 Å². The third-order valence-corrected chi connectivity index (χ3v) is 8.34. The van der Waals surface area contributed by atoms with Gasteiger partial charge in [-0.05, 0) is 36.6 Å². The number of halogens is 2. The van der Waals surface area contributed by atoms with Crippen molar-refractivity contribution in [2.75, 3.05) is 6.54 Å². The monoisotopic (exact) mass is 498 g/mol. The van der Waals surface area contributed by atoms with E-state index >= 15 is 0 Å². The number of para-hydroxylation sites is 1. The Bertz CT molecular complexity index is 1240. The molecule has 1 saturated carbocycles. The number of hydrogen-bond donors (Lipinski definition) is 0. The summed E-state index contributed by atoms with van der Waals surface area (Å²) in [6.07, 6.45) is 10.0. The van der Waals surface area contributed by atoms with Gasteiger partial charge in [0.1, 0.15) is 10.1 Å². The van der Waals surface area contributed by atoms with E-state index in [4.69, 9.17) is 23.8 Å². The standard InChI is InChI=1S/C26H24ClFN2OS2/c27-21-9-5-10-22(28)20(21)16-29-15-18(19-8-3-4-11-23(19)29)14-24-25(31)30(26(32)33-24)13-12-17-6-1-2-7-17/h3-5,8-11,14-15,17H,1-2,6-7,12-13,16H2/b24-14-. The van der Waals surface area contributed by atoms with Crippen molar-refractivity contribution >= 4 is 62.8 Å². The Labute approximate surface area is 207 Å². The molecule has 3 aromatic rings. The van der Waals surface area contributed by atoms with Crippen LogP contribution >= 0.6 is 35.6 Å². The molecule has 1 aromatic heterocycles. The second-order valence-corrected chi connectivity index (χ2v) is 10.8. The SMILES string of the molecule is O=C1/C(=C/c2cn(Cc3c(F)cccc3Cl)c3ccccc23)SC(=S)N1CCC1CCCC1. The van der Waals surface area contributed by atoms with Crippen molar-refractivity contribution < 1.29 is 9.18 Å². The van der Waals surface area contributed by atoms with Crippen molar-refractivity contribution in [1.82, 2.24) is 9.47 Å². The van der Waals surface area contributed by atoms with Crippen LogP contribution in [0.4, 0.5) is 4.39 Å². The van der Waals surface area contributed by atoms with Gasteiger partial charge in [0.15, 0.2) is 0 Å². The Kier molecular flexibility index (Phi) is 6.59. The molecule has 2 aliphatic rings. The highest BCUT2D eigenvalue weighted by Gasteiger charge is 2.32. The lowest BCUT2D eigenvalue weighted by Gasteiger charge is -2.17. The number of carbonyl (C=O) groups is 1. The van der Waals surface area contributed by atoms with Gasteiger partial charge in [0.25, 0.3) is 5.91 Å². The summed E-state index contributed by atoms with van der Waals surface area (Å²) in [5, 5.41) is 1.40. The molecule has 7 heteroatoms. The fourth-order valence-corrected chi connectivity index (χ4v) is 6.34. The van der Waals surface area contributed by atoms with Gasteiger partial charge in [0.05, 0.1) is 11.4 Å². The number of fused-ring (bicyclic) bond motifs is 1. The van der Waals surface area contributed by atoms with Gasteiger partial charge in [0, 0.05) is 39.8 Å². The van der Waals surface area contributed by atoms with Crippen LogP contribution in [0.5, 0.6) is 0 Å². The van der Waals surface area contributed by atoms with Gasteiger partial charge >= 0.3 is 0 Å². The van der Waals surface area contributed by atoms with E-state index in [9.17, 15) is 9.18 Å². The Hall–Kier alpha value is -2.15. The summed E-state index contributed by atoms with van der Waals surface area (Å²) in [5.74, 6) is 0.365. The molecule has 0 unspecified atom stereocenters. The van der Waals surface area contributed by atoms with Crippen molar-refractivity contribution in [2.24, 2.45) is 5.92 Å². The minimum absolute atomic E-state index is 0.0167. The molecule has 0 N–H and O–H groups in total. The average Bonchev–Trinajstić information content (AvgIpc) is 3.50. The molecular formula is C26H24ClFN2OS2. The lowest BCUT2D eigenvalue weighted by Crippen LogP contribution is -2.30. The second kappa shape index (κ2) is 9.61. The number of hydrogen-bond acceptors (Lipinski definition) is 3.